The molecule has 0 spiro atoms. The molecule has 0 atom stereocenters. The summed E-state index contributed by atoms with van der Waals surface area (Å²) in [7, 11) is -4.85. The molecule has 1 heterocycles. The van der Waals surface area contributed by atoms with Gasteiger partial charge in [0.2, 0.25) is 0 Å². The number of fused-ring (bicyclic) bond motifs is 1. The molecule has 0 saturated heterocycles. The lowest BCUT2D eigenvalue weighted by atomic mass is 10.2. The van der Waals surface area contributed by atoms with Crippen LogP contribution in [0.2, 0.25) is 0 Å². The van der Waals surface area contributed by atoms with Crippen LogP contribution in [-0.4, -0.2) is 14.3 Å². The van der Waals surface area contributed by atoms with Crippen molar-refractivity contribution < 1.29 is 21.5 Å². The highest BCUT2D eigenvalue weighted by molar-refractivity contribution is 7.86. The Morgan fingerprint density at radius 3 is 2.71 bits per heavy atom. The number of furan rings is 1. The first-order valence-corrected chi connectivity index (χ1v) is 8.53. The lowest BCUT2D eigenvalue weighted by Gasteiger charge is -2.04. The third-order valence-electron chi connectivity index (χ3n) is 3.52. The molecule has 0 fully saturated rings. The smallest absolute Gasteiger partial charge is 0.332 e. The molecule has 2 aromatic carbocycles. The molecule has 0 saturated carbocycles. The van der Waals surface area contributed by atoms with Crippen molar-refractivity contribution in [3.8, 4) is 0 Å². The van der Waals surface area contributed by atoms with E-state index in [0.29, 0.717) is 5.76 Å². The first kappa shape index (κ1) is 16.2. The summed E-state index contributed by atoms with van der Waals surface area (Å²) in [6, 6.07) is 12.4. The van der Waals surface area contributed by atoms with Crippen molar-refractivity contribution in [1.29, 1.82) is 0 Å². The average molecular weight is 347 g/mol. The van der Waals surface area contributed by atoms with Gasteiger partial charge in [0.15, 0.2) is 0 Å². The molecule has 124 valence electrons. The van der Waals surface area contributed by atoms with Crippen molar-refractivity contribution >= 4 is 27.1 Å². The second kappa shape index (κ2) is 6.09. The van der Waals surface area contributed by atoms with E-state index in [1.807, 2.05) is 31.2 Å². The molecule has 3 rings (SSSR count). The molecular formula is C17H14FNO4S. The van der Waals surface area contributed by atoms with Crippen molar-refractivity contribution in [2.45, 2.75) is 18.4 Å². The normalized spacial score (nSPS) is 11.6. The first-order valence-electron chi connectivity index (χ1n) is 7.15. The van der Waals surface area contributed by atoms with Gasteiger partial charge in [-0.15, -0.1) is 3.89 Å². The van der Waals surface area contributed by atoms with Gasteiger partial charge in [-0.25, -0.2) is 0 Å². The van der Waals surface area contributed by atoms with Crippen molar-refractivity contribution in [3.63, 3.8) is 0 Å². The molecule has 5 nitrogen and oxygen atoms in total. The van der Waals surface area contributed by atoms with E-state index in [4.69, 9.17) is 4.42 Å². The van der Waals surface area contributed by atoms with E-state index in [1.165, 1.54) is 12.1 Å². The zero-order valence-electron chi connectivity index (χ0n) is 12.7. The summed E-state index contributed by atoms with van der Waals surface area (Å²) < 4.78 is 40.4. The van der Waals surface area contributed by atoms with Gasteiger partial charge in [-0.3, -0.25) is 4.79 Å². The van der Waals surface area contributed by atoms with E-state index in [-0.39, 0.29) is 12.1 Å². The number of carbonyl (C=O) groups excluding carboxylic acids is 1. The van der Waals surface area contributed by atoms with E-state index in [1.54, 1.807) is 0 Å². The Morgan fingerprint density at radius 1 is 1.17 bits per heavy atom. The van der Waals surface area contributed by atoms with Gasteiger partial charge in [0.25, 0.3) is 5.91 Å². The molecule has 24 heavy (non-hydrogen) atoms. The molecule has 0 aliphatic heterocycles. The predicted molar refractivity (Wildman–Crippen MR) is 86.9 cm³/mol. The lowest BCUT2D eigenvalue weighted by molar-refractivity contribution is 0.0948. The van der Waals surface area contributed by atoms with Crippen LogP contribution in [0.5, 0.6) is 0 Å². The van der Waals surface area contributed by atoms with E-state index in [9.17, 15) is 17.1 Å². The Morgan fingerprint density at radius 2 is 1.96 bits per heavy atom. The molecule has 1 amide bonds. The summed E-state index contributed by atoms with van der Waals surface area (Å²) >= 11 is 0. The monoisotopic (exact) mass is 347 g/mol. The summed E-state index contributed by atoms with van der Waals surface area (Å²) in [6.45, 7) is 2.11. The summed E-state index contributed by atoms with van der Waals surface area (Å²) in [5.41, 5.74) is 1.87. The van der Waals surface area contributed by atoms with E-state index < -0.39 is 21.0 Å². The molecule has 0 unspecified atom stereocenters. The fourth-order valence-corrected chi connectivity index (χ4v) is 2.87. The average Bonchev–Trinajstić information content (AvgIpc) is 2.94. The van der Waals surface area contributed by atoms with Crippen LogP contribution in [0.3, 0.4) is 0 Å². The molecular weight excluding hydrogens is 333 g/mol. The lowest BCUT2D eigenvalue weighted by Crippen LogP contribution is -2.22. The fourth-order valence-electron chi connectivity index (χ4n) is 2.36. The third kappa shape index (κ3) is 3.46. The van der Waals surface area contributed by atoms with Gasteiger partial charge in [0, 0.05) is 10.9 Å². The molecule has 3 aromatic rings. The second-order valence-corrected chi connectivity index (χ2v) is 6.75. The summed E-state index contributed by atoms with van der Waals surface area (Å²) in [6.07, 6.45) is 0. The Labute approximate surface area is 138 Å². The minimum atomic E-state index is -4.85. The van der Waals surface area contributed by atoms with E-state index in [2.05, 4.69) is 5.32 Å². The Bertz CT molecular complexity index is 1020. The van der Waals surface area contributed by atoms with Gasteiger partial charge in [0.05, 0.1) is 11.4 Å². The number of benzene rings is 2. The predicted octanol–water partition coefficient (Wildman–Crippen LogP) is 3.33. The van der Waals surface area contributed by atoms with Gasteiger partial charge in [-0.2, -0.15) is 8.42 Å². The zero-order chi connectivity index (χ0) is 17.3. The minimum absolute atomic E-state index is 0.0562. The molecule has 0 bridgehead atoms. The van der Waals surface area contributed by atoms with Crippen molar-refractivity contribution in [2.24, 2.45) is 0 Å². The van der Waals surface area contributed by atoms with Crippen LogP contribution in [0.1, 0.15) is 21.7 Å². The number of amides is 1. The standard InChI is InChI=1S/C17H14FNO4S/c1-11-5-6-16-13(7-11)8-14(23-16)10-19-17(20)12-3-2-4-15(9-12)24(18,21)22/h2-9H,10H2,1H3,(H,19,20). The largest absolute Gasteiger partial charge is 0.459 e. The number of hydrogen-bond acceptors (Lipinski definition) is 4. The molecule has 1 aromatic heterocycles. The van der Waals surface area contributed by atoms with Gasteiger partial charge < -0.3 is 9.73 Å². The SMILES string of the molecule is Cc1ccc2oc(CNC(=O)c3cccc(S(=O)(=O)F)c3)cc2c1. The number of halogens is 1. The van der Waals surface area contributed by atoms with E-state index in [0.717, 1.165) is 28.7 Å². The summed E-state index contributed by atoms with van der Waals surface area (Å²) in [4.78, 5) is 11.5. The maximum atomic E-state index is 13.0. The third-order valence-corrected chi connectivity index (χ3v) is 4.34. The fraction of sp³-hybridized carbons (Fsp3) is 0.118. The van der Waals surface area contributed by atoms with Crippen LogP contribution in [0.4, 0.5) is 3.89 Å². The number of rotatable bonds is 4. The summed E-state index contributed by atoms with van der Waals surface area (Å²) in [5.74, 6) is 0.0513. The van der Waals surface area contributed by atoms with Crippen LogP contribution >= 0.6 is 0 Å². The Hall–Kier alpha value is -2.67. The number of aryl methyl sites for hydroxylation is 1. The van der Waals surface area contributed by atoms with Gasteiger partial charge >= 0.3 is 10.2 Å². The maximum absolute atomic E-state index is 13.0. The van der Waals surface area contributed by atoms with Crippen molar-refractivity contribution in [1.82, 2.24) is 5.32 Å². The topological polar surface area (TPSA) is 76.4 Å². The molecule has 1 N–H and O–H groups in total. The number of carbonyl (C=O) groups is 1. The van der Waals surface area contributed by atoms with Crippen LogP contribution in [0, 0.1) is 6.92 Å². The van der Waals surface area contributed by atoms with E-state index >= 15 is 0 Å². The summed E-state index contributed by atoms with van der Waals surface area (Å²) in [5, 5.41) is 3.55. The molecule has 0 radical (unpaired) electrons. The van der Waals surface area contributed by atoms with Gasteiger partial charge in [-0.05, 0) is 43.3 Å². The molecule has 0 aliphatic carbocycles. The highest BCUT2D eigenvalue weighted by Gasteiger charge is 2.15. The molecule has 0 aliphatic rings. The van der Waals surface area contributed by atoms with Crippen molar-refractivity contribution in [3.05, 3.63) is 65.4 Å². The highest BCUT2D eigenvalue weighted by Crippen LogP contribution is 2.20. The Balaban J connectivity index is 1.75. The minimum Gasteiger partial charge on any atom is -0.459 e. The maximum Gasteiger partial charge on any atom is 0.332 e. The van der Waals surface area contributed by atoms with Gasteiger partial charge in [0.1, 0.15) is 11.3 Å². The van der Waals surface area contributed by atoms with Crippen LogP contribution in [0.25, 0.3) is 11.0 Å². The molecule has 7 heteroatoms. The van der Waals surface area contributed by atoms with Gasteiger partial charge in [-0.1, -0.05) is 17.7 Å². The second-order valence-electron chi connectivity index (χ2n) is 5.40. The van der Waals surface area contributed by atoms with Crippen LogP contribution in [0.15, 0.2) is 57.8 Å². The number of nitrogens with one attached hydrogen (secondary N) is 1. The van der Waals surface area contributed by atoms with Crippen molar-refractivity contribution in [2.75, 3.05) is 0 Å². The van der Waals surface area contributed by atoms with Crippen LogP contribution < -0.4 is 5.32 Å². The quantitative estimate of drug-likeness (QED) is 0.735. The highest BCUT2D eigenvalue weighted by atomic mass is 32.3. The number of hydrogen-bond donors (Lipinski definition) is 1. The Kier molecular flexibility index (Phi) is 4.11. The van der Waals surface area contributed by atoms with Crippen LogP contribution in [-0.2, 0) is 16.8 Å². The zero-order valence-corrected chi connectivity index (χ0v) is 13.6. The first-order chi connectivity index (χ1) is 11.3.